The number of rotatable bonds is 5. The van der Waals surface area contributed by atoms with E-state index in [2.05, 4.69) is 5.32 Å². The topological polar surface area (TPSA) is 58.6 Å². The molecule has 0 fully saturated rings. The van der Waals surface area contributed by atoms with Crippen LogP contribution in [-0.4, -0.2) is 28.2 Å². The molecule has 0 aliphatic carbocycles. The molecule has 7 heteroatoms. The Morgan fingerprint density at radius 2 is 2.00 bits per heavy atom. The van der Waals surface area contributed by atoms with E-state index < -0.39 is 23.1 Å². The summed E-state index contributed by atoms with van der Waals surface area (Å²) in [5, 5.41) is 12.8. The molecule has 0 saturated heterocycles. The quantitative estimate of drug-likeness (QED) is 0.639. The smallest absolute Gasteiger partial charge is 0.262 e. The number of alkyl halides is 1. The number of hydrogen-bond donors (Lipinski definition) is 2. The molecule has 1 aromatic carbocycles. The number of halogens is 3. The van der Waals surface area contributed by atoms with E-state index in [1.54, 1.807) is 26.0 Å². The van der Waals surface area contributed by atoms with Crippen LogP contribution in [-0.2, 0) is 4.79 Å². The summed E-state index contributed by atoms with van der Waals surface area (Å²) in [5.74, 6) is -0.171. The molecule has 0 aliphatic heterocycles. The van der Waals surface area contributed by atoms with Crippen LogP contribution in [0, 0.1) is 0 Å². The molecule has 1 rings (SSSR count). The molecule has 0 spiro atoms. The van der Waals surface area contributed by atoms with Crippen LogP contribution in [0.1, 0.15) is 20.8 Å². The standard InChI is InChI=1S/C13H16Cl3NO3/c1-7(11(18)17-12(19)13(2,3)16)20-10-5-4-8(14)6-9(10)15/h4-7,12,19H,1-3H3,(H,17,18). The largest absolute Gasteiger partial charge is 0.479 e. The number of amides is 1. The van der Waals surface area contributed by atoms with Gasteiger partial charge in [0.05, 0.1) is 9.90 Å². The highest BCUT2D eigenvalue weighted by molar-refractivity contribution is 6.35. The minimum Gasteiger partial charge on any atom is -0.479 e. The highest BCUT2D eigenvalue weighted by Gasteiger charge is 2.28. The second-order valence-corrected chi connectivity index (χ2v) is 6.63. The van der Waals surface area contributed by atoms with Gasteiger partial charge in [-0.2, -0.15) is 0 Å². The molecule has 0 aliphatic rings. The third-order valence-electron chi connectivity index (χ3n) is 2.50. The monoisotopic (exact) mass is 339 g/mol. The van der Waals surface area contributed by atoms with Crippen molar-refractivity contribution in [2.75, 3.05) is 0 Å². The van der Waals surface area contributed by atoms with Crippen LogP contribution in [0.15, 0.2) is 18.2 Å². The number of aliphatic hydroxyl groups is 1. The Morgan fingerprint density at radius 3 is 2.50 bits per heavy atom. The molecular formula is C13H16Cl3NO3. The minimum absolute atomic E-state index is 0.301. The Labute approximate surface area is 133 Å². The molecule has 0 aromatic heterocycles. The van der Waals surface area contributed by atoms with Crippen molar-refractivity contribution in [3.8, 4) is 5.75 Å². The highest BCUT2D eigenvalue weighted by Crippen LogP contribution is 2.28. The molecule has 0 saturated carbocycles. The van der Waals surface area contributed by atoms with E-state index in [4.69, 9.17) is 39.5 Å². The van der Waals surface area contributed by atoms with Gasteiger partial charge in [0.15, 0.2) is 6.10 Å². The third-order valence-corrected chi connectivity index (χ3v) is 3.23. The second-order valence-electron chi connectivity index (χ2n) is 4.81. The molecule has 0 heterocycles. The average Bonchev–Trinajstić information content (AvgIpc) is 2.31. The van der Waals surface area contributed by atoms with Gasteiger partial charge in [-0.05, 0) is 39.0 Å². The van der Waals surface area contributed by atoms with E-state index in [1.165, 1.54) is 13.0 Å². The van der Waals surface area contributed by atoms with Crippen LogP contribution in [0.3, 0.4) is 0 Å². The van der Waals surface area contributed by atoms with Crippen LogP contribution < -0.4 is 10.1 Å². The van der Waals surface area contributed by atoms with E-state index in [0.717, 1.165) is 0 Å². The fourth-order valence-electron chi connectivity index (χ4n) is 1.24. The van der Waals surface area contributed by atoms with E-state index in [-0.39, 0.29) is 0 Å². The maximum Gasteiger partial charge on any atom is 0.262 e. The first kappa shape index (κ1) is 17.4. The van der Waals surface area contributed by atoms with Crippen LogP contribution in [0.4, 0.5) is 0 Å². The number of benzene rings is 1. The number of ether oxygens (including phenoxy) is 1. The van der Waals surface area contributed by atoms with Crippen molar-refractivity contribution in [2.24, 2.45) is 0 Å². The number of nitrogens with one attached hydrogen (secondary N) is 1. The molecule has 1 amide bonds. The van der Waals surface area contributed by atoms with Gasteiger partial charge >= 0.3 is 0 Å². The lowest BCUT2D eigenvalue weighted by molar-refractivity contribution is -0.130. The zero-order valence-corrected chi connectivity index (χ0v) is 13.6. The van der Waals surface area contributed by atoms with E-state index in [0.29, 0.717) is 15.8 Å². The van der Waals surface area contributed by atoms with Crippen molar-refractivity contribution in [3.63, 3.8) is 0 Å². The summed E-state index contributed by atoms with van der Waals surface area (Å²) in [6.07, 6.45) is -2.04. The predicted octanol–water partition coefficient (Wildman–Crippen LogP) is 3.21. The summed E-state index contributed by atoms with van der Waals surface area (Å²) in [7, 11) is 0. The Hall–Kier alpha value is -0.680. The minimum atomic E-state index is -1.19. The lowest BCUT2D eigenvalue weighted by atomic mass is 10.1. The molecule has 2 atom stereocenters. The van der Waals surface area contributed by atoms with Gasteiger partial charge in [-0.1, -0.05) is 23.2 Å². The van der Waals surface area contributed by atoms with Gasteiger partial charge < -0.3 is 15.2 Å². The molecule has 1 aromatic rings. The summed E-state index contributed by atoms with van der Waals surface area (Å²) in [4.78, 5) is 10.9. The van der Waals surface area contributed by atoms with Gasteiger partial charge in [0.25, 0.3) is 5.91 Å². The van der Waals surface area contributed by atoms with Gasteiger partial charge in [-0.25, -0.2) is 0 Å². The Morgan fingerprint density at radius 1 is 1.40 bits per heavy atom. The molecule has 20 heavy (non-hydrogen) atoms. The summed E-state index contributed by atoms with van der Waals surface area (Å²) < 4.78 is 5.42. The van der Waals surface area contributed by atoms with E-state index in [9.17, 15) is 9.90 Å². The van der Waals surface area contributed by atoms with Gasteiger partial charge in [0.2, 0.25) is 0 Å². The molecule has 2 N–H and O–H groups in total. The van der Waals surface area contributed by atoms with Crippen molar-refractivity contribution in [1.82, 2.24) is 5.32 Å². The first-order valence-electron chi connectivity index (χ1n) is 5.90. The number of carbonyl (C=O) groups is 1. The summed E-state index contributed by atoms with van der Waals surface area (Å²) in [6.45, 7) is 4.70. The Bertz CT molecular complexity index is 488. The number of aliphatic hydroxyl groups excluding tert-OH is 1. The second kappa shape index (κ2) is 6.85. The molecule has 2 unspecified atom stereocenters. The zero-order valence-electron chi connectivity index (χ0n) is 11.3. The van der Waals surface area contributed by atoms with Crippen molar-refractivity contribution in [2.45, 2.75) is 38.0 Å². The van der Waals surface area contributed by atoms with Crippen LogP contribution in [0.5, 0.6) is 5.75 Å². The van der Waals surface area contributed by atoms with Crippen LogP contribution in [0.2, 0.25) is 10.0 Å². The van der Waals surface area contributed by atoms with E-state index in [1.807, 2.05) is 0 Å². The first-order chi connectivity index (χ1) is 9.11. The molecule has 0 bridgehead atoms. The SMILES string of the molecule is CC(Oc1ccc(Cl)cc1Cl)C(=O)NC(O)C(C)(C)Cl. The van der Waals surface area contributed by atoms with Crippen LogP contribution >= 0.6 is 34.8 Å². The molecule has 112 valence electrons. The molecule has 4 nitrogen and oxygen atoms in total. The van der Waals surface area contributed by atoms with Gasteiger partial charge in [-0.3, -0.25) is 4.79 Å². The van der Waals surface area contributed by atoms with Crippen molar-refractivity contribution in [3.05, 3.63) is 28.2 Å². The normalized spacial score (nSPS) is 14.6. The average molecular weight is 341 g/mol. The summed E-state index contributed by atoms with van der Waals surface area (Å²) in [6, 6.07) is 4.68. The lowest BCUT2D eigenvalue weighted by Crippen LogP contribution is -2.50. The fourth-order valence-corrected chi connectivity index (χ4v) is 1.75. The lowest BCUT2D eigenvalue weighted by Gasteiger charge is -2.25. The van der Waals surface area contributed by atoms with Crippen LogP contribution in [0.25, 0.3) is 0 Å². The summed E-state index contributed by atoms with van der Waals surface area (Å²) >= 11 is 17.6. The van der Waals surface area contributed by atoms with Gasteiger partial charge in [-0.15, -0.1) is 11.6 Å². The third kappa shape index (κ3) is 5.02. The maximum atomic E-state index is 11.9. The zero-order chi connectivity index (χ0) is 15.5. The fraction of sp³-hybridized carbons (Fsp3) is 0.462. The Kier molecular flexibility index (Phi) is 5.95. The summed E-state index contributed by atoms with van der Waals surface area (Å²) in [5.41, 5.74) is 0. The Balaban J connectivity index is 2.66. The molecular weight excluding hydrogens is 325 g/mol. The van der Waals surface area contributed by atoms with Gasteiger partial charge in [0.1, 0.15) is 12.0 Å². The van der Waals surface area contributed by atoms with Crippen molar-refractivity contribution >= 4 is 40.7 Å². The van der Waals surface area contributed by atoms with Crippen molar-refractivity contribution < 1.29 is 14.6 Å². The number of carbonyl (C=O) groups excluding carboxylic acids is 1. The van der Waals surface area contributed by atoms with E-state index >= 15 is 0 Å². The maximum absolute atomic E-state index is 11.9. The predicted molar refractivity (Wildman–Crippen MR) is 80.6 cm³/mol. The first-order valence-corrected chi connectivity index (χ1v) is 7.03. The number of hydrogen-bond acceptors (Lipinski definition) is 3. The van der Waals surface area contributed by atoms with Gasteiger partial charge in [0, 0.05) is 5.02 Å². The highest BCUT2D eigenvalue weighted by atomic mass is 35.5. The van der Waals surface area contributed by atoms with Crippen molar-refractivity contribution in [1.29, 1.82) is 0 Å². The molecule has 0 radical (unpaired) electrons.